The summed E-state index contributed by atoms with van der Waals surface area (Å²) in [6, 6.07) is 7.29. The van der Waals surface area contributed by atoms with Crippen molar-refractivity contribution < 1.29 is 26.7 Å². The molecular weight excluding hydrogens is 571 g/mol. The number of rotatable bonds is 8. The van der Waals surface area contributed by atoms with E-state index >= 15 is 0 Å². The van der Waals surface area contributed by atoms with Crippen LogP contribution in [0.4, 0.5) is 26.0 Å². The Balaban J connectivity index is 1.93. The van der Waals surface area contributed by atoms with Crippen LogP contribution in [0.1, 0.15) is 21.6 Å². The average Bonchev–Trinajstić information content (AvgIpc) is 2.78. The van der Waals surface area contributed by atoms with Crippen LogP contribution in [0.25, 0.3) is 0 Å². The van der Waals surface area contributed by atoms with Crippen molar-refractivity contribution in [2.24, 2.45) is 0 Å². The monoisotopic (exact) mass is 589 g/mol. The van der Waals surface area contributed by atoms with Crippen molar-refractivity contribution in [3.63, 3.8) is 0 Å². The largest absolute Gasteiger partial charge is 0.465 e. The van der Waals surface area contributed by atoms with Gasteiger partial charge in [0.15, 0.2) is 11.6 Å². The second kappa shape index (κ2) is 10.4. The molecule has 0 saturated heterocycles. The maximum Gasteiger partial charge on any atom is 0.340 e. The van der Waals surface area contributed by atoms with E-state index in [0.717, 1.165) is 0 Å². The number of methoxy groups -OCH3 is 1. The van der Waals surface area contributed by atoms with Crippen LogP contribution < -0.4 is 14.8 Å². The van der Waals surface area contributed by atoms with Crippen LogP contribution in [0.15, 0.2) is 42.7 Å². The van der Waals surface area contributed by atoms with Gasteiger partial charge in [0.2, 0.25) is 0 Å². The second-order valence-electron chi connectivity index (χ2n) is 6.58. The van der Waals surface area contributed by atoms with Crippen LogP contribution in [-0.2, 0) is 21.4 Å². The van der Waals surface area contributed by atoms with Crippen LogP contribution >= 0.6 is 22.6 Å². The van der Waals surface area contributed by atoms with Gasteiger partial charge in [-0.1, -0.05) is 0 Å². The summed E-state index contributed by atoms with van der Waals surface area (Å²) in [7, 11) is -1.60. The molecule has 0 fully saturated rings. The van der Waals surface area contributed by atoms with E-state index in [-0.39, 0.29) is 34.6 Å². The first-order valence-corrected chi connectivity index (χ1v) is 11.8. The summed E-state index contributed by atoms with van der Waals surface area (Å²) in [5.74, 6) is -2.59. The normalized spacial score (nSPS) is 11.2. The Labute approximate surface area is 202 Å². The highest BCUT2D eigenvalue weighted by molar-refractivity contribution is 14.1. The maximum atomic E-state index is 14.8. The van der Waals surface area contributed by atoms with Gasteiger partial charge in [-0.05, 0) is 58.5 Å². The molecule has 0 saturated carbocycles. The number of aromatic nitrogens is 2. The number of benzene rings is 1. The number of ether oxygens (including phenoxy) is 1. The molecule has 0 aliphatic carbocycles. The molecule has 33 heavy (non-hydrogen) atoms. The van der Waals surface area contributed by atoms with Crippen LogP contribution in [0.5, 0.6) is 0 Å². The molecular formula is C20H18F2IN5O4S. The molecule has 0 aliphatic rings. The highest BCUT2D eigenvalue weighted by Gasteiger charge is 2.19. The third-order valence-electron chi connectivity index (χ3n) is 4.41. The summed E-state index contributed by atoms with van der Waals surface area (Å²) >= 11 is 1.97. The van der Waals surface area contributed by atoms with E-state index in [1.807, 2.05) is 32.0 Å². The van der Waals surface area contributed by atoms with Crippen molar-refractivity contribution >= 4 is 56.0 Å². The SMILES string of the molecule is CNS(=O)(=O)Nc1nccc(Cc2cc(C(=O)OC)c(Nc3ccc(I)cc3F)cn2)c1F. The number of nitrogens with zero attached hydrogens (tertiary/aromatic N) is 2. The summed E-state index contributed by atoms with van der Waals surface area (Å²) in [6.07, 6.45) is 2.47. The van der Waals surface area contributed by atoms with E-state index in [9.17, 15) is 22.0 Å². The molecule has 3 rings (SSSR count). The third kappa shape index (κ3) is 6.11. The van der Waals surface area contributed by atoms with Crippen molar-refractivity contribution in [3.05, 3.63) is 74.8 Å². The smallest absolute Gasteiger partial charge is 0.340 e. The molecule has 13 heteroatoms. The predicted octanol–water partition coefficient (Wildman–Crippen LogP) is 3.36. The Bertz CT molecular complexity index is 1310. The number of carbonyl (C=O) groups is 1. The average molecular weight is 589 g/mol. The number of pyridine rings is 2. The fraction of sp³-hybridized carbons (Fsp3) is 0.150. The standard InChI is InChI=1S/C20H18F2IN5O4S/c1-24-33(30,31)28-19-18(22)11(5-6-25-19)7-13-9-14(20(29)32-2)17(10-26-13)27-16-4-3-12(23)8-15(16)21/h3-6,8-10,24,27H,7H2,1-2H3,(H,25,28). The first kappa shape index (κ1) is 24.7. The van der Waals surface area contributed by atoms with Gasteiger partial charge >= 0.3 is 5.97 Å². The minimum atomic E-state index is -3.97. The van der Waals surface area contributed by atoms with Gasteiger partial charge in [0.25, 0.3) is 10.2 Å². The molecule has 0 amide bonds. The maximum absolute atomic E-state index is 14.8. The fourth-order valence-electron chi connectivity index (χ4n) is 2.77. The van der Waals surface area contributed by atoms with Crippen LogP contribution in [-0.4, -0.2) is 38.5 Å². The van der Waals surface area contributed by atoms with Gasteiger partial charge < -0.3 is 10.1 Å². The van der Waals surface area contributed by atoms with E-state index in [1.165, 1.54) is 50.8 Å². The van der Waals surface area contributed by atoms with Gasteiger partial charge in [0.05, 0.1) is 30.2 Å². The zero-order chi connectivity index (χ0) is 24.2. The lowest BCUT2D eigenvalue weighted by molar-refractivity contribution is 0.0601. The third-order valence-corrected chi connectivity index (χ3v) is 6.08. The summed E-state index contributed by atoms with van der Waals surface area (Å²) in [4.78, 5) is 20.3. The van der Waals surface area contributed by atoms with E-state index < -0.39 is 33.6 Å². The molecule has 0 spiro atoms. The molecule has 3 N–H and O–H groups in total. The summed E-state index contributed by atoms with van der Waals surface area (Å²) in [5.41, 5.74) is 0.772. The van der Waals surface area contributed by atoms with E-state index in [1.54, 1.807) is 6.07 Å². The number of hydrogen-bond acceptors (Lipinski definition) is 7. The molecule has 2 heterocycles. The van der Waals surface area contributed by atoms with Gasteiger partial charge in [0, 0.05) is 28.9 Å². The van der Waals surface area contributed by atoms with Gasteiger partial charge in [-0.2, -0.15) is 8.42 Å². The van der Waals surface area contributed by atoms with Gasteiger partial charge in [-0.25, -0.2) is 23.3 Å². The molecule has 2 aromatic heterocycles. The molecule has 0 bridgehead atoms. The topological polar surface area (TPSA) is 122 Å². The van der Waals surface area contributed by atoms with Crippen LogP contribution in [0, 0.1) is 15.2 Å². The molecule has 9 nitrogen and oxygen atoms in total. The number of carbonyl (C=O) groups excluding carboxylic acids is 1. The van der Waals surface area contributed by atoms with Crippen molar-refractivity contribution in [2.75, 3.05) is 24.2 Å². The fourth-order valence-corrected chi connectivity index (χ4v) is 3.73. The lowest BCUT2D eigenvalue weighted by Gasteiger charge is -2.13. The van der Waals surface area contributed by atoms with Gasteiger partial charge in [0.1, 0.15) is 5.82 Å². The van der Waals surface area contributed by atoms with Crippen molar-refractivity contribution in [1.29, 1.82) is 0 Å². The molecule has 0 atom stereocenters. The minimum absolute atomic E-state index is 0.0611. The lowest BCUT2D eigenvalue weighted by Crippen LogP contribution is -2.27. The molecule has 0 aliphatic heterocycles. The zero-order valence-electron chi connectivity index (χ0n) is 17.3. The Hall–Kier alpha value is -2.91. The predicted molar refractivity (Wildman–Crippen MR) is 127 cm³/mol. The van der Waals surface area contributed by atoms with Gasteiger partial charge in [-0.3, -0.25) is 9.71 Å². The first-order chi connectivity index (χ1) is 15.6. The Morgan fingerprint density at radius 1 is 1.15 bits per heavy atom. The Kier molecular flexibility index (Phi) is 7.76. The Morgan fingerprint density at radius 2 is 1.91 bits per heavy atom. The van der Waals surface area contributed by atoms with Crippen molar-refractivity contribution in [1.82, 2.24) is 14.7 Å². The van der Waals surface area contributed by atoms with E-state index in [0.29, 0.717) is 3.57 Å². The second-order valence-corrected chi connectivity index (χ2v) is 9.45. The lowest BCUT2D eigenvalue weighted by atomic mass is 10.1. The highest BCUT2D eigenvalue weighted by Crippen LogP contribution is 2.26. The van der Waals surface area contributed by atoms with E-state index in [4.69, 9.17) is 4.74 Å². The first-order valence-electron chi connectivity index (χ1n) is 9.27. The van der Waals surface area contributed by atoms with Gasteiger partial charge in [-0.15, -0.1) is 0 Å². The quantitative estimate of drug-likeness (QED) is 0.272. The van der Waals surface area contributed by atoms with Crippen molar-refractivity contribution in [2.45, 2.75) is 6.42 Å². The molecule has 0 unspecified atom stereocenters. The summed E-state index contributed by atoms with van der Waals surface area (Å²) < 4.78 is 61.8. The number of halogens is 3. The minimum Gasteiger partial charge on any atom is -0.465 e. The number of anilines is 3. The zero-order valence-corrected chi connectivity index (χ0v) is 20.3. The highest BCUT2D eigenvalue weighted by atomic mass is 127. The number of hydrogen-bond donors (Lipinski definition) is 3. The molecule has 174 valence electrons. The molecule has 1 aromatic carbocycles. The number of esters is 1. The Morgan fingerprint density at radius 3 is 2.58 bits per heavy atom. The van der Waals surface area contributed by atoms with Crippen molar-refractivity contribution in [3.8, 4) is 0 Å². The summed E-state index contributed by atoms with van der Waals surface area (Å²) in [5, 5.41) is 2.82. The number of nitrogens with one attached hydrogen (secondary N) is 3. The molecule has 0 radical (unpaired) electrons. The van der Waals surface area contributed by atoms with Crippen LogP contribution in [0.3, 0.4) is 0 Å². The van der Waals surface area contributed by atoms with E-state index in [2.05, 4.69) is 15.3 Å². The summed E-state index contributed by atoms with van der Waals surface area (Å²) in [6.45, 7) is 0. The molecule has 3 aromatic rings. The van der Waals surface area contributed by atoms with Crippen LogP contribution in [0.2, 0.25) is 0 Å².